The molecule has 1 amide bonds. The van der Waals surface area contributed by atoms with E-state index < -0.39 is 15.9 Å². The van der Waals surface area contributed by atoms with Gasteiger partial charge >= 0.3 is 0 Å². The first-order chi connectivity index (χ1) is 12.3. The zero-order valence-corrected chi connectivity index (χ0v) is 16.1. The van der Waals surface area contributed by atoms with Gasteiger partial charge in [-0.2, -0.15) is 0 Å². The summed E-state index contributed by atoms with van der Waals surface area (Å²) in [7, 11) is -3.79. The molecule has 26 heavy (non-hydrogen) atoms. The van der Waals surface area contributed by atoms with Crippen molar-refractivity contribution in [1.29, 1.82) is 0 Å². The number of anilines is 1. The van der Waals surface area contributed by atoms with E-state index in [4.69, 9.17) is 17.3 Å². The summed E-state index contributed by atoms with van der Waals surface area (Å²) in [6.07, 6.45) is 3.08. The van der Waals surface area contributed by atoms with Crippen molar-refractivity contribution in [2.75, 3.05) is 10.8 Å². The smallest absolute Gasteiger partial charge is 0.265 e. The predicted octanol–water partition coefficient (Wildman–Crippen LogP) is 3.53. The van der Waals surface area contributed by atoms with Gasteiger partial charge in [-0.25, -0.2) is 8.42 Å². The van der Waals surface area contributed by atoms with Crippen molar-refractivity contribution in [3.8, 4) is 0 Å². The lowest BCUT2D eigenvalue weighted by Gasteiger charge is -2.31. The first-order valence-corrected chi connectivity index (χ1v) is 10.4. The van der Waals surface area contributed by atoms with Crippen LogP contribution >= 0.6 is 11.6 Å². The number of aryl methyl sites for hydroxylation is 2. The van der Waals surface area contributed by atoms with Gasteiger partial charge in [0, 0.05) is 12.1 Å². The number of rotatable bonds is 5. The topological polar surface area (TPSA) is 80.5 Å². The summed E-state index contributed by atoms with van der Waals surface area (Å²) < 4.78 is 28.0. The molecule has 2 aromatic rings. The molecule has 0 aliphatic carbocycles. The van der Waals surface area contributed by atoms with Crippen LogP contribution in [0.3, 0.4) is 0 Å². The van der Waals surface area contributed by atoms with Gasteiger partial charge in [0.25, 0.3) is 10.0 Å². The summed E-state index contributed by atoms with van der Waals surface area (Å²) in [5.41, 5.74) is 8.04. The second kappa shape index (κ2) is 7.29. The standard InChI is InChI=1S/C19H21ClN2O3S/c1-2-4-13-6-8-16(20)18(11-13)26(24,25)22-10-3-5-14-12-15(19(21)23)7-9-17(14)22/h6-9,11-12H,2-5,10H2,1H3,(H2,21,23). The van der Waals surface area contributed by atoms with E-state index in [-0.39, 0.29) is 9.92 Å². The van der Waals surface area contributed by atoms with Crippen molar-refractivity contribution in [2.45, 2.75) is 37.5 Å². The number of nitrogens with zero attached hydrogens (tertiary/aromatic N) is 1. The lowest BCUT2D eigenvalue weighted by atomic mass is 10.0. The van der Waals surface area contributed by atoms with Crippen LogP contribution in [-0.4, -0.2) is 20.9 Å². The number of benzene rings is 2. The van der Waals surface area contributed by atoms with Crippen molar-refractivity contribution in [3.63, 3.8) is 0 Å². The Morgan fingerprint density at radius 1 is 1.23 bits per heavy atom. The predicted molar refractivity (Wildman–Crippen MR) is 103 cm³/mol. The van der Waals surface area contributed by atoms with Gasteiger partial charge in [0.2, 0.25) is 5.91 Å². The summed E-state index contributed by atoms with van der Waals surface area (Å²) in [5.74, 6) is -0.525. The zero-order valence-electron chi connectivity index (χ0n) is 14.5. The van der Waals surface area contributed by atoms with E-state index in [2.05, 4.69) is 0 Å². The molecule has 2 aromatic carbocycles. The normalized spacial score (nSPS) is 14.2. The average Bonchev–Trinajstić information content (AvgIpc) is 2.62. The maximum atomic E-state index is 13.3. The number of hydrogen-bond acceptors (Lipinski definition) is 3. The molecular formula is C19H21ClN2O3S. The van der Waals surface area contributed by atoms with E-state index in [1.54, 1.807) is 30.3 Å². The molecule has 0 atom stereocenters. The molecule has 0 bridgehead atoms. The molecule has 0 spiro atoms. The molecule has 0 aromatic heterocycles. The number of sulfonamides is 1. The molecule has 0 saturated heterocycles. The number of amides is 1. The molecule has 138 valence electrons. The third-order valence-electron chi connectivity index (χ3n) is 4.54. The summed E-state index contributed by atoms with van der Waals surface area (Å²) >= 11 is 6.23. The minimum atomic E-state index is -3.79. The molecule has 0 radical (unpaired) electrons. The van der Waals surface area contributed by atoms with Crippen LogP contribution in [0.15, 0.2) is 41.3 Å². The highest BCUT2D eigenvalue weighted by molar-refractivity contribution is 7.93. The second-order valence-electron chi connectivity index (χ2n) is 6.40. The highest BCUT2D eigenvalue weighted by Gasteiger charge is 2.31. The quantitative estimate of drug-likeness (QED) is 0.845. The van der Waals surface area contributed by atoms with Gasteiger partial charge in [-0.3, -0.25) is 9.10 Å². The van der Waals surface area contributed by atoms with Gasteiger partial charge in [0.15, 0.2) is 0 Å². The lowest BCUT2D eigenvalue weighted by molar-refractivity contribution is 0.1000. The Kier molecular flexibility index (Phi) is 5.25. The van der Waals surface area contributed by atoms with Crippen LogP contribution in [0.1, 0.15) is 41.3 Å². The Morgan fingerprint density at radius 2 is 2.00 bits per heavy atom. The van der Waals surface area contributed by atoms with E-state index in [9.17, 15) is 13.2 Å². The molecular weight excluding hydrogens is 372 g/mol. The fourth-order valence-electron chi connectivity index (χ4n) is 3.27. The first-order valence-electron chi connectivity index (χ1n) is 8.58. The second-order valence-corrected chi connectivity index (χ2v) is 8.64. The molecule has 0 unspecified atom stereocenters. The third-order valence-corrected chi connectivity index (χ3v) is 6.84. The van der Waals surface area contributed by atoms with Crippen LogP contribution in [0.2, 0.25) is 5.02 Å². The van der Waals surface area contributed by atoms with Gasteiger partial charge in [-0.15, -0.1) is 0 Å². The van der Waals surface area contributed by atoms with Crippen molar-refractivity contribution < 1.29 is 13.2 Å². The Morgan fingerprint density at radius 3 is 2.69 bits per heavy atom. The van der Waals surface area contributed by atoms with E-state index in [0.717, 1.165) is 24.0 Å². The maximum Gasteiger partial charge on any atom is 0.265 e. The van der Waals surface area contributed by atoms with Crippen LogP contribution in [-0.2, 0) is 22.9 Å². The molecule has 1 aliphatic rings. The summed E-state index contributed by atoms with van der Waals surface area (Å²) in [4.78, 5) is 11.5. The number of fused-ring (bicyclic) bond motifs is 1. The number of carbonyl (C=O) groups is 1. The molecule has 2 N–H and O–H groups in total. The van der Waals surface area contributed by atoms with Crippen molar-refractivity contribution in [2.24, 2.45) is 5.73 Å². The fourth-order valence-corrected chi connectivity index (χ4v) is 5.34. The van der Waals surface area contributed by atoms with Gasteiger partial charge in [0.1, 0.15) is 4.90 Å². The highest BCUT2D eigenvalue weighted by Crippen LogP contribution is 2.35. The molecule has 3 rings (SSSR count). The number of halogens is 1. The van der Waals surface area contributed by atoms with E-state index in [0.29, 0.717) is 30.6 Å². The molecule has 1 heterocycles. The van der Waals surface area contributed by atoms with E-state index >= 15 is 0 Å². The van der Waals surface area contributed by atoms with Crippen LogP contribution < -0.4 is 10.0 Å². The Labute approximate surface area is 158 Å². The van der Waals surface area contributed by atoms with Crippen molar-refractivity contribution in [1.82, 2.24) is 0 Å². The minimum Gasteiger partial charge on any atom is -0.366 e. The molecule has 0 fully saturated rings. The molecule has 7 heteroatoms. The molecule has 0 saturated carbocycles. The average molecular weight is 393 g/mol. The summed E-state index contributed by atoms with van der Waals surface area (Å²) in [5, 5.41) is 0.214. The monoisotopic (exact) mass is 392 g/mol. The fraction of sp³-hybridized carbons (Fsp3) is 0.316. The summed E-state index contributed by atoms with van der Waals surface area (Å²) in [6, 6.07) is 10.0. The largest absolute Gasteiger partial charge is 0.366 e. The Hall–Kier alpha value is -2.05. The summed E-state index contributed by atoms with van der Waals surface area (Å²) in [6.45, 7) is 2.42. The number of carbonyl (C=O) groups excluding carboxylic acids is 1. The van der Waals surface area contributed by atoms with Crippen LogP contribution in [0.25, 0.3) is 0 Å². The van der Waals surface area contributed by atoms with Crippen LogP contribution in [0.5, 0.6) is 0 Å². The molecule has 1 aliphatic heterocycles. The highest BCUT2D eigenvalue weighted by atomic mass is 35.5. The van der Waals surface area contributed by atoms with Crippen molar-refractivity contribution in [3.05, 3.63) is 58.1 Å². The number of nitrogens with two attached hydrogens (primary N) is 1. The van der Waals surface area contributed by atoms with Gasteiger partial charge < -0.3 is 5.73 Å². The van der Waals surface area contributed by atoms with Crippen LogP contribution in [0, 0.1) is 0 Å². The SMILES string of the molecule is CCCc1ccc(Cl)c(S(=O)(=O)N2CCCc3cc(C(N)=O)ccc32)c1. The zero-order chi connectivity index (χ0) is 18.9. The maximum absolute atomic E-state index is 13.3. The Balaban J connectivity index is 2.07. The number of primary amides is 1. The van der Waals surface area contributed by atoms with Gasteiger partial charge in [-0.1, -0.05) is 31.0 Å². The van der Waals surface area contributed by atoms with Crippen molar-refractivity contribution >= 4 is 33.2 Å². The van der Waals surface area contributed by atoms with Crippen LogP contribution in [0.4, 0.5) is 5.69 Å². The first kappa shape index (κ1) is 18.7. The third kappa shape index (κ3) is 3.44. The lowest BCUT2D eigenvalue weighted by Crippen LogP contribution is -2.36. The molecule has 5 nitrogen and oxygen atoms in total. The minimum absolute atomic E-state index is 0.122. The van der Waals surface area contributed by atoms with E-state index in [1.165, 1.54) is 4.31 Å². The van der Waals surface area contributed by atoms with Gasteiger partial charge in [0.05, 0.1) is 10.7 Å². The van der Waals surface area contributed by atoms with E-state index in [1.807, 2.05) is 13.0 Å². The Bertz CT molecular complexity index is 957. The number of hydrogen-bond donors (Lipinski definition) is 1. The van der Waals surface area contributed by atoms with Gasteiger partial charge in [-0.05, 0) is 60.7 Å².